The number of nitrogens with one attached hydrogen (secondary N) is 1. The summed E-state index contributed by atoms with van der Waals surface area (Å²) in [4.78, 5) is 14.8. The molecule has 2 aromatic rings. The highest BCUT2D eigenvalue weighted by Gasteiger charge is 2.37. The van der Waals surface area contributed by atoms with Crippen molar-refractivity contribution < 1.29 is 14.4 Å². The number of hydrogen-bond acceptors (Lipinski definition) is 5. The third-order valence-corrected chi connectivity index (χ3v) is 6.47. The summed E-state index contributed by atoms with van der Waals surface area (Å²) in [5.41, 5.74) is 1.14. The molecular weight excluding hydrogens is 324 g/mol. The Morgan fingerprint density at radius 3 is 2.67 bits per heavy atom. The van der Waals surface area contributed by atoms with Crippen LogP contribution in [0.25, 0.3) is 0 Å². The standard InChI is InChI=1S/C18H24N2O3S/c1-11-16(13(3)23-20-11)17(22)19-10-18(8-4-5-9-18)15-7-6-14(24-15)12(2)21/h6-7,12,21H,4-5,8-10H2,1-3H3,(H,19,22)/t12-/m1/s1. The van der Waals surface area contributed by atoms with Crippen LogP contribution in [0.1, 0.15) is 70.3 Å². The van der Waals surface area contributed by atoms with Crippen LogP contribution in [0.4, 0.5) is 0 Å². The third-order valence-electron chi connectivity index (χ3n) is 4.97. The fourth-order valence-electron chi connectivity index (χ4n) is 3.57. The van der Waals surface area contributed by atoms with E-state index in [-0.39, 0.29) is 11.3 Å². The molecule has 1 aliphatic carbocycles. The van der Waals surface area contributed by atoms with Gasteiger partial charge in [-0.2, -0.15) is 0 Å². The maximum atomic E-state index is 12.5. The number of rotatable bonds is 5. The number of carbonyl (C=O) groups excluding carboxylic acids is 1. The molecule has 1 amide bonds. The molecule has 0 unspecified atom stereocenters. The number of amides is 1. The Kier molecular flexibility index (Phi) is 4.78. The molecule has 2 heterocycles. The van der Waals surface area contributed by atoms with Gasteiger partial charge >= 0.3 is 0 Å². The minimum atomic E-state index is -0.445. The van der Waals surface area contributed by atoms with Crippen molar-refractivity contribution in [2.45, 2.75) is 58.0 Å². The van der Waals surface area contributed by atoms with Gasteiger partial charge in [0.05, 0.1) is 11.8 Å². The summed E-state index contributed by atoms with van der Waals surface area (Å²) in [7, 11) is 0. The fourth-order valence-corrected chi connectivity index (χ4v) is 4.76. The highest BCUT2D eigenvalue weighted by Crippen LogP contribution is 2.44. The Hall–Kier alpha value is -1.66. The van der Waals surface area contributed by atoms with Crippen molar-refractivity contribution in [3.8, 4) is 0 Å². The minimum Gasteiger partial charge on any atom is -0.388 e. The second kappa shape index (κ2) is 6.69. The molecule has 130 valence electrons. The number of carbonyl (C=O) groups is 1. The predicted molar refractivity (Wildman–Crippen MR) is 93.4 cm³/mol. The van der Waals surface area contributed by atoms with E-state index in [9.17, 15) is 9.90 Å². The van der Waals surface area contributed by atoms with Gasteiger partial charge in [-0.3, -0.25) is 4.79 Å². The number of hydrogen-bond donors (Lipinski definition) is 2. The topological polar surface area (TPSA) is 75.4 Å². The van der Waals surface area contributed by atoms with Crippen LogP contribution in [-0.2, 0) is 5.41 Å². The van der Waals surface area contributed by atoms with Gasteiger partial charge in [-0.15, -0.1) is 11.3 Å². The summed E-state index contributed by atoms with van der Waals surface area (Å²) in [6.07, 6.45) is 4.02. The van der Waals surface area contributed by atoms with E-state index in [1.54, 1.807) is 32.1 Å². The summed E-state index contributed by atoms with van der Waals surface area (Å²) in [5.74, 6) is 0.433. The van der Waals surface area contributed by atoms with E-state index in [0.717, 1.165) is 17.7 Å². The Morgan fingerprint density at radius 2 is 2.12 bits per heavy atom. The average molecular weight is 348 g/mol. The summed E-state index contributed by atoms with van der Waals surface area (Å²) < 4.78 is 5.09. The van der Waals surface area contributed by atoms with E-state index in [1.807, 2.05) is 6.07 Å². The predicted octanol–water partition coefficient (Wildman–Crippen LogP) is 3.65. The van der Waals surface area contributed by atoms with E-state index in [4.69, 9.17) is 4.52 Å². The summed E-state index contributed by atoms with van der Waals surface area (Å²) in [5, 5.41) is 16.7. The van der Waals surface area contributed by atoms with Crippen molar-refractivity contribution in [3.63, 3.8) is 0 Å². The molecule has 0 radical (unpaired) electrons. The van der Waals surface area contributed by atoms with Gasteiger partial charge in [0.25, 0.3) is 5.91 Å². The second-order valence-electron chi connectivity index (χ2n) is 6.75. The number of aromatic nitrogens is 1. The van der Waals surface area contributed by atoms with Gasteiger partial charge in [0.2, 0.25) is 0 Å². The zero-order chi connectivity index (χ0) is 17.3. The molecule has 0 spiro atoms. The quantitative estimate of drug-likeness (QED) is 0.865. The van der Waals surface area contributed by atoms with Crippen molar-refractivity contribution in [1.29, 1.82) is 0 Å². The minimum absolute atomic E-state index is 0.0214. The largest absolute Gasteiger partial charge is 0.388 e. The van der Waals surface area contributed by atoms with E-state index >= 15 is 0 Å². The molecule has 3 rings (SSSR count). The zero-order valence-corrected chi connectivity index (χ0v) is 15.2. The third kappa shape index (κ3) is 3.13. The molecule has 5 nitrogen and oxygen atoms in total. The normalized spacial score (nSPS) is 17.8. The Balaban J connectivity index is 1.78. The molecule has 1 aliphatic rings. The lowest BCUT2D eigenvalue weighted by molar-refractivity contribution is 0.0941. The Morgan fingerprint density at radius 1 is 1.42 bits per heavy atom. The van der Waals surface area contributed by atoms with Crippen LogP contribution in [0.3, 0.4) is 0 Å². The first-order chi connectivity index (χ1) is 11.4. The summed E-state index contributed by atoms with van der Waals surface area (Å²) in [6, 6.07) is 4.11. The van der Waals surface area contributed by atoms with Crippen LogP contribution in [0.5, 0.6) is 0 Å². The molecule has 0 saturated heterocycles. The molecule has 2 aromatic heterocycles. The molecular formula is C18H24N2O3S. The SMILES string of the molecule is Cc1noc(C)c1C(=O)NCC1(c2ccc([C@@H](C)O)s2)CCCC1. The average Bonchev–Trinajstić information content (AvgIpc) is 3.25. The highest BCUT2D eigenvalue weighted by molar-refractivity contribution is 7.12. The monoisotopic (exact) mass is 348 g/mol. The lowest BCUT2D eigenvalue weighted by Crippen LogP contribution is -2.38. The summed E-state index contributed by atoms with van der Waals surface area (Å²) >= 11 is 1.66. The molecule has 1 atom stereocenters. The number of aliphatic hydroxyl groups excluding tert-OH is 1. The molecule has 2 N–H and O–H groups in total. The lowest BCUT2D eigenvalue weighted by Gasteiger charge is -2.28. The maximum absolute atomic E-state index is 12.5. The summed E-state index contributed by atoms with van der Waals surface area (Å²) in [6.45, 7) is 5.94. The Bertz CT molecular complexity index is 707. The van der Waals surface area contributed by atoms with Gasteiger partial charge in [-0.1, -0.05) is 18.0 Å². The van der Waals surface area contributed by atoms with E-state index in [2.05, 4.69) is 16.5 Å². The number of thiophene rings is 1. The first kappa shape index (κ1) is 17.2. The van der Waals surface area contributed by atoms with Crippen LogP contribution in [0.2, 0.25) is 0 Å². The van der Waals surface area contributed by atoms with Crippen molar-refractivity contribution in [3.05, 3.63) is 38.9 Å². The second-order valence-corrected chi connectivity index (χ2v) is 7.86. The molecule has 0 aliphatic heterocycles. The van der Waals surface area contributed by atoms with E-state index < -0.39 is 6.10 Å². The highest BCUT2D eigenvalue weighted by atomic mass is 32.1. The van der Waals surface area contributed by atoms with Gasteiger partial charge in [-0.05, 0) is 45.7 Å². The first-order valence-corrected chi connectivity index (χ1v) is 9.24. The van der Waals surface area contributed by atoms with E-state index in [1.165, 1.54) is 17.7 Å². The van der Waals surface area contributed by atoms with Gasteiger partial charge in [0, 0.05) is 21.7 Å². The van der Waals surface area contributed by atoms with Crippen LogP contribution >= 0.6 is 11.3 Å². The Labute approximate surface area is 146 Å². The van der Waals surface area contributed by atoms with Crippen molar-refractivity contribution in [2.75, 3.05) is 6.54 Å². The molecule has 1 saturated carbocycles. The number of aryl methyl sites for hydroxylation is 2. The van der Waals surface area contributed by atoms with Crippen molar-refractivity contribution in [1.82, 2.24) is 10.5 Å². The van der Waals surface area contributed by atoms with Crippen LogP contribution in [0.15, 0.2) is 16.7 Å². The zero-order valence-electron chi connectivity index (χ0n) is 14.4. The van der Waals surface area contributed by atoms with Crippen molar-refractivity contribution in [2.24, 2.45) is 0 Å². The van der Waals surface area contributed by atoms with Crippen LogP contribution in [-0.4, -0.2) is 22.7 Å². The van der Waals surface area contributed by atoms with Gasteiger partial charge in [-0.25, -0.2) is 0 Å². The van der Waals surface area contributed by atoms with Gasteiger partial charge < -0.3 is 14.9 Å². The van der Waals surface area contributed by atoms with Gasteiger partial charge in [0.15, 0.2) is 0 Å². The smallest absolute Gasteiger partial charge is 0.256 e. The van der Waals surface area contributed by atoms with Gasteiger partial charge in [0.1, 0.15) is 11.3 Å². The lowest BCUT2D eigenvalue weighted by atomic mass is 9.84. The maximum Gasteiger partial charge on any atom is 0.256 e. The van der Waals surface area contributed by atoms with Crippen LogP contribution < -0.4 is 5.32 Å². The number of aliphatic hydroxyl groups is 1. The first-order valence-electron chi connectivity index (χ1n) is 8.42. The molecule has 1 fully saturated rings. The van der Waals surface area contributed by atoms with Crippen LogP contribution in [0, 0.1) is 13.8 Å². The number of nitrogens with zero attached hydrogens (tertiary/aromatic N) is 1. The van der Waals surface area contributed by atoms with Crippen molar-refractivity contribution >= 4 is 17.2 Å². The molecule has 6 heteroatoms. The molecule has 24 heavy (non-hydrogen) atoms. The fraction of sp³-hybridized carbons (Fsp3) is 0.556. The van der Waals surface area contributed by atoms with E-state index in [0.29, 0.717) is 23.6 Å². The molecule has 0 bridgehead atoms. The molecule has 0 aromatic carbocycles.